The maximum Gasteiger partial charge on any atom is 0.343 e. The van der Waals surface area contributed by atoms with Crippen LogP contribution in [-0.2, 0) is 4.79 Å². The molecule has 0 aliphatic carbocycles. The van der Waals surface area contributed by atoms with Crippen molar-refractivity contribution < 1.29 is 14.3 Å². The van der Waals surface area contributed by atoms with E-state index in [1.165, 1.54) is 0 Å². The fraction of sp³-hybridized carbons (Fsp3) is 0.300. The number of carboxylic acid groups (broad SMARTS) is 1. The lowest BCUT2D eigenvalue weighted by molar-refractivity contribution is -0.143. The van der Waals surface area contributed by atoms with Crippen molar-refractivity contribution in [2.75, 3.05) is 0 Å². The Morgan fingerprint density at radius 1 is 1.46 bits per heavy atom. The van der Waals surface area contributed by atoms with Gasteiger partial charge >= 0.3 is 5.97 Å². The highest BCUT2D eigenvalue weighted by molar-refractivity contribution is 5.74. The van der Waals surface area contributed by atoms with Crippen molar-refractivity contribution in [1.82, 2.24) is 0 Å². The topological polar surface area (TPSA) is 37.3 Å². The van der Waals surface area contributed by atoms with Crippen LogP contribution in [0, 0.1) is 13.8 Å². The molecule has 3 heteroatoms. The van der Waals surface area contributed by atoms with E-state index >= 15 is 0 Å². The van der Waals surface area contributed by atoms with Crippen molar-refractivity contribution in [3.8, 4) is 0 Å². The fourth-order valence-corrected chi connectivity index (χ4v) is 1.17. The molecule has 0 aliphatic rings. The molecule has 0 saturated carbocycles. The third-order valence-corrected chi connectivity index (χ3v) is 1.92. The van der Waals surface area contributed by atoms with E-state index in [0.717, 1.165) is 5.56 Å². The molecule has 0 aromatic heterocycles. The molecule has 1 atom stereocenters. The highest BCUT2D eigenvalue weighted by Gasteiger charge is 2.19. The molecule has 0 radical (unpaired) electrons. The van der Waals surface area contributed by atoms with Crippen molar-refractivity contribution in [3.05, 3.63) is 34.9 Å². The summed E-state index contributed by atoms with van der Waals surface area (Å²) in [6, 6.07) is 5.11. The molecule has 2 nitrogen and oxygen atoms in total. The maximum atomic E-state index is 13.1. The first kappa shape index (κ1) is 9.71. The summed E-state index contributed by atoms with van der Waals surface area (Å²) in [5.41, 5.74) is 1.78. The molecule has 0 heterocycles. The summed E-state index contributed by atoms with van der Waals surface area (Å²) in [6.45, 7) is 3.50. The van der Waals surface area contributed by atoms with Gasteiger partial charge in [-0.3, -0.25) is 0 Å². The average molecular weight is 182 g/mol. The molecule has 0 aliphatic heterocycles. The van der Waals surface area contributed by atoms with E-state index in [0.29, 0.717) is 5.56 Å². The number of carboxylic acids is 1. The average Bonchev–Trinajstić information content (AvgIpc) is 2.08. The molecule has 0 bridgehead atoms. The van der Waals surface area contributed by atoms with Crippen LogP contribution >= 0.6 is 0 Å². The van der Waals surface area contributed by atoms with E-state index in [4.69, 9.17) is 5.11 Å². The molecule has 1 aromatic carbocycles. The van der Waals surface area contributed by atoms with E-state index in [2.05, 4.69) is 0 Å². The molecule has 0 fully saturated rings. The molecule has 0 spiro atoms. The monoisotopic (exact) mass is 182 g/mol. The van der Waals surface area contributed by atoms with Crippen LogP contribution in [0.4, 0.5) is 4.39 Å². The van der Waals surface area contributed by atoms with Gasteiger partial charge in [0, 0.05) is 5.56 Å². The van der Waals surface area contributed by atoms with Gasteiger partial charge in [0.15, 0.2) is 0 Å². The Hall–Kier alpha value is -1.38. The summed E-state index contributed by atoms with van der Waals surface area (Å²) < 4.78 is 13.1. The number of rotatable bonds is 2. The highest BCUT2D eigenvalue weighted by atomic mass is 19.1. The number of benzene rings is 1. The molecular weight excluding hydrogens is 171 g/mol. The second-order valence-electron chi connectivity index (χ2n) is 3.06. The molecule has 1 rings (SSSR count). The van der Waals surface area contributed by atoms with E-state index in [-0.39, 0.29) is 5.56 Å². The van der Waals surface area contributed by atoms with E-state index in [1.807, 2.05) is 6.07 Å². The zero-order valence-electron chi connectivity index (χ0n) is 7.54. The largest absolute Gasteiger partial charge is 0.479 e. The number of hydrogen-bond acceptors (Lipinski definition) is 1. The second kappa shape index (κ2) is 3.56. The Bertz CT molecular complexity index is 334. The molecule has 1 aromatic rings. The van der Waals surface area contributed by atoms with Crippen LogP contribution in [0.15, 0.2) is 18.2 Å². The Morgan fingerprint density at radius 2 is 2.08 bits per heavy atom. The summed E-state index contributed by atoms with van der Waals surface area (Å²) in [6.07, 6.45) is -1.92. The number of aliphatic carboxylic acids is 1. The zero-order chi connectivity index (χ0) is 10.0. The van der Waals surface area contributed by atoms with Gasteiger partial charge < -0.3 is 5.11 Å². The Morgan fingerprint density at radius 3 is 2.62 bits per heavy atom. The quantitative estimate of drug-likeness (QED) is 0.762. The van der Waals surface area contributed by atoms with Gasteiger partial charge in [0.25, 0.3) is 0 Å². The van der Waals surface area contributed by atoms with Crippen molar-refractivity contribution in [3.63, 3.8) is 0 Å². The minimum absolute atomic E-state index is 0.243. The van der Waals surface area contributed by atoms with Crippen LogP contribution in [0.5, 0.6) is 0 Å². The number of alkyl halides is 1. The first-order valence-electron chi connectivity index (χ1n) is 3.96. The normalized spacial score (nSPS) is 12.5. The number of carbonyl (C=O) groups is 1. The Balaban J connectivity index is 3.12. The van der Waals surface area contributed by atoms with Crippen LogP contribution < -0.4 is 0 Å². The van der Waals surface area contributed by atoms with E-state index in [1.54, 1.807) is 26.0 Å². The van der Waals surface area contributed by atoms with Gasteiger partial charge in [0.2, 0.25) is 6.17 Å². The summed E-state index contributed by atoms with van der Waals surface area (Å²) >= 11 is 0. The van der Waals surface area contributed by atoms with Crippen molar-refractivity contribution in [2.45, 2.75) is 20.0 Å². The molecule has 13 heavy (non-hydrogen) atoms. The van der Waals surface area contributed by atoms with E-state index < -0.39 is 12.1 Å². The molecular formula is C10H11FO2. The minimum Gasteiger partial charge on any atom is -0.479 e. The lowest BCUT2D eigenvalue weighted by Crippen LogP contribution is -2.07. The summed E-state index contributed by atoms with van der Waals surface area (Å²) in [5.74, 6) is -1.44. The van der Waals surface area contributed by atoms with Gasteiger partial charge in [-0.2, -0.15) is 0 Å². The van der Waals surface area contributed by atoms with Crippen molar-refractivity contribution in [1.29, 1.82) is 0 Å². The van der Waals surface area contributed by atoms with Gasteiger partial charge in [0.05, 0.1) is 0 Å². The van der Waals surface area contributed by atoms with E-state index in [9.17, 15) is 9.18 Å². The smallest absolute Gasteiger partial charge is 0.343 e. The number of hydrogen-bond donors (Lipinski definition) is 1. The maximum absolute atomic E-state index is 13.1. The highest BCUT2D eigenvalue weighted by Crippen LogP contribution is 2.22. The van der Waals surface area contributed by atoms with Crippen LogP contribution in [0.25, 0.3) is 0 Å². The van der Waals surface area contributed by atoms with Gasteiger partial charge in [-0.25, -0.2) is 9.18 Å². The van der Waals surface area contributed by atoms with Crippen LogP contribution in [0.3, 0.4) is 0 Å². The van der Waals surface area contributed by atoms with Gasteiger partial charge in [-0.1, -0.05) is 23.8 Å². The summed E-state index contributed by atoms with van der Waals surface area (Å²) in [5, 5.41) is 8.48. The molecule has 0 saturated heterocycles. The number of halogens is 1. The first-order chi connectivity index (χ1) is 6.02. The lowest BCUT2D eigenvalue weighted by atomic mass is 10.0. The molecule has 0 amide bonds. The Labute approximate surface area is 76.0 Å². The minimum atomic E-state index is -1.92. The fourth-order valence-electron chi connectivity index (χ4n) is 1.17. The third-order valence-electron chi connectivity index (χ3n) is 1.92. The van der Waals surface area contributed by atoms with Crippen LogP contribution in [-0.4, -0.2) is 11.1 Å². The molecule has 1 unspecified atom stereocenters. The number of aryl methyl sites for hydroxylation is 2. The summed E-state index contributed by atoms with van der Waals surface area (Å²) in [7, 11) is 0. The predicted octanol–water partition coefficient (Wildman–Crippen LogP) is 2.40. The third kappa shape index (κ3) is 2.05. The predicted molar refractivity (Wildman–Crippen MR) is 47.4 cm³/mol. The van der Waals surface area contributed by atoms with Crippen LogP contribution in [0.1, 0.15) is 22.9 Å². The van der Waals surface area contributed by atoms with Gasteiger partial charge in [0.1, 0.15) is 0 Å². The Kier molecular flexibility index (Phi) is 2.66. The molecule has 1 N–H and O–H groups in total. The standard InChI is InChI=1S/C10H11FO2/c1-6-3-4-7(2)8(5-6)9(11)10(12)13/h3-5,9H,1-2H3,(H,12,13). The zero-order valence-corrected chi connectivity index (χ0v) is 7.54. The van der Waals surface area contributed by atoms with Crippen molar-refractivity contribution in [2.24, 2.45) is 0 Å². The van der Waals surface area contributed by atoms with Gasteiger partial charge in [-0.15, -0.1) is 0 Å². The second-order valence-corrected chi connectivity index (χ2v) is 3.06. The van der Waals surface area contributed by atoms with Crippen molar-refractivity contribution >= 4 is 5.97 Å². The SMILES string of the molecule is Cc1ccc(C)c(C(F)C(=O)O)c1. The van der Waals surface area contributed by atoms with Crippen LogP contribution in [0.2, 0.25) is 0 Å². The van der Waals surface area contributed by atoms with Gasteiger partial charge in [-0.05, 0) is 19.4 Å². The summed E-state index contributed by atoms with van der Waals surface area (Å²) in [4.78, 5) is 10.4. The molecule has 70 valence electrons. The lowest BCUT2D eigenvalue weighted by Gasteiger charge is -2.07. The first-order valence-corrected chi connectivity index (χ1v) is 3.96.